The molecule has 2 N–H and O–H groups in total. The molecule has 0 radical (unpaired) electrons. The minimum atomic E-state index is 0. The van der Waals surface area contributed by atoms with Gasteiger partial charge in [0, 0.05) is 20.2 Å². The Morgan fingerprint density at radius 1 is 1.25 bits per heavy atom. The number of rotatable bonds is 7. The van der Waals surface area contributed by atoms with E-state index >= 15 is 0 Å². The van der Waals surface area contributed by atoms with Gasteiger partial charge in [-0.2, -0.15) is 0 Å². The van der Waals surface area contributed by atoms with Crippen LogP contribution in [0.25, 0.3) is 0 Å². The Hall–Kier alpha value is -0.0800. The molecule has 4 atom stereocenters. The molecule has 3 fully saturated rings. The fraction of sp³-hybridized carbons (Fsp3) is 0.944. The van der Waals surface area contributed by atoms with Gasteiger partial charge in [-0.15, -0.1) is 24.0 Å². The molecule has 1 aliphatic carbocycles. The highest BCUT2D eigenvalue weighted by Gasteiger charge is 2.41. The van der Waals surface area contributed by atoms with E-state index in [0.29, 0.717) is 24.4 Å². The Kier molecular flexibility index (Phi) is 8.57. The molecular weight excluding hydrogens is 417 g/mol. The first-order valence-electron chi connectivity index (χ1n) is 9.54. The van der Waals surface area contributed by atoms with Crippen LogP contribution in [0.5, 0.6) is 0 Å². The van der Waals surface area contributed by atoms with Crippen molar-refractivity contribution in [1.82, 2.24) is 10.6 Å². The van der Waals surface area contributed by atoms with Gasteiger partial charge in [0.1, 0.15) is 0 Å². The molecule has 3 aliphatic rings. The molecule has 2 saturated heterocycles. The van der Waals surface area contributed by atoms with E-state index in [1.165, 1.54) is 38.5 Å². The molecule has 3 rings (SSSR count). The summed E-state index contributed by atoms with van der Waals surface area (Å²) in [7, 11) is 1.85. The number of hydrogen-bond acceptors (Lipinski definition) is 3. The van der Waals surface area contributed by atoms with Crippen LogP contribution in [0.1, 0.15) is 58.3 Å². The van der Waals surface area contributed by atoms with Crippen LogP contribution in [0.4, 0.5) is 0 Å². The van der Waals surface area contributed by atoms with E-state index in [9.17, 15) is 0 Å². The van der Waals surface area contributed by atoms with Crippen molar-refractivity contribution in [1.29, 1.82) is 0 Å². The second-order valence-electron chi connectivity index (χ2n) is 7.19. The van der Waals surface area contributed by atoms with Gasteiger partial charge in [-0.1, -0.05) is 12.8 Å². The standard InChI is InChI=1S/C18H33N3O2.HI/c1-3-22-16(13-6-4-5-7-13)10-11-20-18(19-2)21-15-12-14-8-9-17(15)23-14;/h13-17H,3-12H2,1-2H3,(H2,19,20,21);1H. The molecule has 1 saturated carbocycles. The van der Waals surface area contributed by atoms with E-state index < -0.39 is 0 Å². The van der Waals surface area contributed by atoms with Crippen molar-refractivity contribution in [3.8, 4) is 0 Å². The fourth-order valence-corrected chi connectivity index (χ4v) is 4.49. The molecule has 24 heavy (non-hydrogen) atoms. The summed E-state index contributed by atoms with van der Waals surface area (Å²) in [6, 6.07) is 0.428. The van der Waals surface area contributed by atoms with Crippen LogP contribution in [0.3, 0.4) is 0 Å². The third-order valence-electron chi connectivity index (χ3n) is 5.68. The second-order valence-corrected chi connectivity index (χ2v) is 7.19. The molecule has 0 amide bonds. The van der Waals surface area contributed by atoms with Crippen molar-refractivity contribution >= 4 is 29.9 Å². The Morgan fingerprint density at radius 3 is 2.62 bits per heavy atom. The van der Waals surface area contributed by atoms with Crippen LogP contribution >= 0.6 is 24.0 Å². The molecule has 0 aromatic heterocycles. The van der Waals surface area contributed by atoms with Crippen LogP contribution < -0.4 is 10.6 Å². The summed E-state index contributed by atoms with van der Waals surface area (Å²) in [4.78, 5) is 4.37. The third kappa shape index (κ3) is 5.21. The van der Waals surface area contributed by atoms with Crippen LogP contribution in [0.2, 0.25) is 0 Å². The number of guanidine groups is 1. The van der Waals surface area contributed by atoms with Crippen molar-refractivity contribution in [2.75, 3.05) is 20.2 Å². The number of aliphatic imine (C=N–C) groups is 1. The number of nitrogens with one attached hydrogen (secondary N) is 2. The average Bonchev–Trinajstić information content (AvgIpc) is 3.30. The summed E-state index contributed by atoms with van der Waals surface area (Å²) in [5.74, 6) is 1.67. The second kappa shape index (κ2) is 10.2. The molecule has 0 spiro atoms. The molecule has 2 bridgehead atoms. The maximum absolute atomic E-state index is 5.99. The maximum Gasteiger partial charge on any atom is 0.191 e. The molecule has 140 valence electrons. The van der Waals surface area contributed by atoms with E-state index in [2.05, 4.69) is 22.5 Å². The van der Waals surface area contributed by atoms with Gasteiger partial charge in [-0.05, 0) is 51.4 Å². The average molecular weight is 451 g/mol. The zero-order valence-corrected chi connectivity index (χ0v) is 17.5. The minimum absolute atomic E-state index is 0. The monoisotopic (exact) mass is 451 g/mol. The Bertz CT molecular complexity index is 402. The van der Waals surface area contributed by atoms with Gasteiger partial charge >= 0.3 is 0 Å². The number of hydrogen-bond donors (Lipinski definition) is 2. The SMILES string of the molecule is CCOC(CCNC(=NC)NC1CC2CCC1O2)C1CCCC1.I. The lowest BCUT2D eigenvalue weighted by Gasteiger charge is -2.25. The topological polar surface area (TPSA) is 54.9 Å². The van der Waals surface area contributed by atoms with E-state index in [1.54, 1.807) is 0 Å². The molecule has 0 aromatic rings. The highest BCUT2D eigenvalue weighted by Crippen LogP contribution is 2.34. The first-order chi connectivity index (χ1) is 11.3. The third-order valence-corrected chi connectivity index (χ3v) is 5.68. The van der Waals surface area contributed by atoms with E-state index in [-0.39, 0.29) is 24.0 Å². The van der Waals surface area contributed by atoms with Crippen LogP contribution in [-0.2, 0) is 9.47 Å². The van der Waals surface area contributed by atoms with Gasteiger partial charge in [-0.3, -0.25) is 4.99 Å². The van der Waals surface area contributed by atoms with Crippen molar-refractivity contribution < 1.29 is 9.47 Å². The molecule has 6 heteroatoms. The molecule has 2 heterocycles. The summed E-state index contributed by atoms with van der Waals surface area (Å²) in [6.45, 7) is 3.84. The van der Waals surface area contributed by atoms with Gasteiger partial charge in [0.2, 0.25) is 0 Å². The highest BCUT2D eigenvalue weighted by atomic mass is 127. The minimum Gasteiger partial charge on any atom is -0.378 e. The number of halogens is 1. The first kappa shape index (κ1) is 20.2. The highest BCUT2D eigenvalue weighted by molar-refractivity contribution is 14.0. The van der Waals surface area contributed by atoms with Crippen molar-refractivity contribution in [2.24, 2.45) is 10.9 Å². The van der Waals surface area contributed by atoms with Gasteiger partial charge in [0.15, 0.2) is 5.96 Å². The van der Waals surface area contributed by atoms with Crippen LogP contribution in [0, 0.1) is 5.92 Å². The van der Waals surface area contributed by atoms with E-state index in [4.69, 9.17) is 9.47 Å². The number of fused-ring (bicyclic) bond motifs is 2. The van der Waals surface area contributed by atoms with Crippen molar-refractivity contribution in [2.45, 2.75) is 82.6 Å². The zero-order valence-electron chi connectivity index (χ0n) is 15.1. The quantitative estimate of drug-likeness (QED) is 0.355. The summed E-state index contributed by atoms with van der Waals surface area (Å²) < 4.78 is 11.9. The predicted octanol–water partition coefficient (Wildman–Crippen LogP) is 3.07. The van der Waals surface area contributed by atoms with Gasteiger partial charge in [0.05, 0.1) is 24.4 Å². The molecule has 5 nitrogen and oxygen atoms in total. The lowest BCUT2D eigenvalue weighted by Crippen LogP contribution is -2.48. The fourth-order valence-electron chi connectivity index (χ4n) is 4.49. The number of nitrogens with zero attached hydrogens (tertiary/aromatic N) is 1. The van der Waals surface area contributed by atoms with Gasteiger partial charge in [-0.25, -0.2) is 0 Å². The smallest absolute Gasteiger partial charge is 0.191 e. The lowest BCUT2D eigenvalue weighted by atomic mass is 9.96. The van der Waals surface area contributed by atoms with E-state index in [1.807, 2.05) is 7.05 Å². The molecular formula is C18H34IN3O2. The number of ether oxygens (including phenoxy) is 2. The molecule has 0 aromatic carbocycles. The van der Waals surface area contributed by atoms with E-state index in [0.717, 1.165) is 37.9 Å². The lowest BCUT2D eigenvalue weighted by molar-refractivity contribution is 0.0169. The largest absolute Gasteiger partial charge is 0.378 e. The zero-order chi connectivity index (χ0) is 16.1. The normalized spacial score (nSPS) is 31.1. The summed E-state index contributed by atoms with van der Waals surface area (Å²) in [5.41, 5.74) is 0. The first-order valence-corrected chi connectivity index (χ1v) is 9.54. The molecule has 2 aliphatic heterocycles. The van der Waals surface area contributed by atoms with Crippen molar-refractivity contribution in [3.05, 3.63) is 0 Å². The summed E-state index contributed by atoms with van der Waals surface area (Å²) in [6.07, 6.45) is 11.3. The van der Waals surface area contributed by atoms with Crippen LogP contribution in [-0.4, -0.2) is 50.5 Å². The van der Waals surface area contributed by atoms with Gasteiger partial charge < -0.3 is 20.1 Å². The van der Waals surface area contributed by atoms with Gasteiger partial charge in [0.25, 0.3) is 0 Å². The predicted molar refractivity (Wildman–Crippen MR) is 108 cm³/mol. The van der Waals surface area contributed by atoms with Crippen LogP contribution in [0.15, 0.2) is 4.99 Å². The Morgan fingerprint density at radius 2 is 2.04 bits per heavy atom. The Labute approximate surface area is 163 Å². The summed E-state index contributed by atoms with van der Waals surface area (Å²) in [5, 5.41) is 7.02. The maximum atomic E-state index is 5.99. The summed E-state index contributed by atoms with van der Waals surface area (Å²) >= 11 is 0. The van der Waals surface area contributed by atoms with Crippen molar-refractivity contribution in [3.63, 3.8) is 0 Å². The Balaban J connectivity index is 0.00000208. The molecule has 4 unspecified atom stereocenters.